The molecule has 0 aliphatic rings. The smallest absolute Gasteiger partial charge is 0.416 e. The SMILES string of the molecule is CC(C)C(NC(=O)Cn1c(-c2cccnc2)ncc(NC(=O)OCc2ccccc2)c1=O)C(O)C(F)(F)F. The number of pyridine rings is 1. The van der Waals surface area contributed by atoms with Crippen LogP contribution in [0.3, 0.4) is 0 Å². The van der Waals surface area contributed by atoms with Crippen molar-refractivity contribution in [3.05, 3.63) is 77.0 Å². The molecular formula is C25H26F3N5O5. The molecule has 0 spiro atoms. The predicted octanol–water partition coefficient (Wildman–Crippen LogP) is 3.12. The molecule has 0 saturated heterocycles. The normalized spacial score (nSPS) is 13.0. The number of alkyl halides is 3. The molecule has 0 fully saturated rings. The van der Waals surface area contributed by atoms with Gasteiger partial charge in [0.25, 0.3) is 5.56 Å². The van der Waals surface area contributed by atoms with Gasteiger partial charge in [-0.2, -0.15) is 13.2 Å². The van der Waals surface area contributed by atoms with Gasteiger partial charge in [0.15, 0.2) is 6.10 Å². The number of amides is 2. The van der Waals surface area contributed by atoms with Gasteiger partial charge in [-0.3, -0.25) is 24.5 Å². The first-order chi connectivity index (χ1) is 18.0. The zero-order valence-corrected chi connectivity index (χ0v) is 20.5. The van der Waals surface area contributed by atoms with Crippen LogP contribution in [0.4, 0.5) is 23.7 Å². The summed E-state index contributed by atoms with van der Waals surface area (Å²) < 4.78 is 45.3. The quantitative estimate of drug-likeness (QED) is 0.385. The first-order valence-electron chi connectivity index (χ1n) is 11.5. The fourth-order valence-electron chi connectivity index (χ4n) is 3.51. The minimum atomic E-state index is -4.97. The molecule has 3 aromatic rings. The number of ether oxygens (including phenoxy) is 1. The lowest BCUT2D eigenvalue weighted by molar-refractivity contribution is -0.215. The number of hydrogen-bond acceptors (Lipinski definition) is 7. The van der Waals surface area contributed by atoms with E-state index in [1.165, 1.54) is 26.2 Å². The van der Waals surface area contributed by atoms with Crippen molar-refractivity contribution in [1.29, 1.82) is 0 Å². The molecule has 3 rings (SSSR count). The summed E-state index contributed by atoms with van der Waals surface area (Å²) in [7, 11) is 0. The van der Waals surface area contributed by atoms with E-state index in [1.807, 2.05) is 0 Å². The Bertz CT molecular complexity index is 1300. The van der Waals surface area contributed by atoms with Crippen molar-refractivity contribution < 1.29 is 32.6 Å². The van der Waals surface area contributed by atoms with Crippen LogP contribution >= 0.6 is 0 Å². The third-order valence-electron chi connectivity index (χ3n) is 5.44. The molecular weight excluding hydrogens is 507 g/mol. The number of aromatic nitrogens is 3. The van der Waals surface area contributed by atoms with Crippen LogP contribution in [0.15, 0.2) is 65.8 Å². The number of anilines is 1. The summed E-state index contributed by atoms with van der Waals surface area (Å²) in [6, 6.07) is 10.3. The van der Waals surface area contributed by atoms with Crippen molar-refractivity contribution in [3.8, 4) is 11.4 Å². The summed E-state index contributed by atoms with van der Waals surface area (Å²) in [5, 5.41) is 14.1. The molecule has 1 aromatic carbocycles. The van der Waals surface area contributed by atoms with E-state index >= 15 is 0 Å². The van der Waals surface area contributed by atoms with Crippen molar-refractivity contribution in [3.63, 3.8) is 0 Å². The molecule has 0 aliphatic carbocycles. The zero-order valence-electron chi connectivity index (χ0n) is 20.5. The largest absolute Gasteiger partial charge is 0.444 e. The second kappa shape index (κ2) is 12.3. The maximum atomic E-state index is 13.2. The average molecular weight is 534 g/mol. The van der Waals surface area contributed by atoms with E-state index in [9.17, 15) is 32.7 Å². The molecule has 0 radical (unpaired) electrons. The van der Waals surface area contributed by atoms with Gasteiger partial charge in [-0.15, -0.1) is 0 Å². The van der Waals surface area contributed by atoms with Crippen LogP contribution in [0, 0.1) is 5.92 Å². The molecule has 0 aliphatic heterocycles. The maximum absolute atomic E-state index is 13.2. The Morgan fingerprint density at radius 3 is 2.42 bits per heavy atom. The summed E-state index contributed by atoms with van der Waals surface area (Å²) in [5.41, 5.74) is -0.128. The number of nitrogens with zero attached hydrogens (tertiary/aromatic N) is 3. The van der Waals surface area contributed by atoms with Gasteiger partial charge in [-0.1, -0.05) is 44.2 Å². The van der Waals surface area contributed by atoms with E-state index in [1.54, 1.807) is 42.5 Å². The first kappa shape index (κ1) is 28.3. The maximum Gasteiger partial charge on any atom is 0.416 e. The molecule has 2 unspecified atom stereocenters. The van der Waals surface area contributed by atoms with E-state index in [0.29, 0.717) is 11.1 Å². The topological polar surface area (TPSA) is 135 Å². The van der Waals surface area contributed by atoms with Gasteiger partial charge < -0.3 is 15.2 Å². The fourth-order valence-corrected chi connectivity index (χ4v) is 3.51. The van der Waals surface area contributed by atoms with Crippen LogP contribution in [0.1, 0.15) is 19.4 Å². The molecule has 2 atom stereocenters. The summed E-state index contributed by atoms with van der Waals surface area (Å²) in [6.07, 6.45) is -4.80. The zero-order chi connectivity index (χ0) is 27.9. The highest BCUT2D eigenvalue weighted by Crippen LogP contribution is 2.25. The Morgan fingerprint density at radius 2 is 1.82 bits per heavy atom. The highest BCUT2D eigenvalue weighted by atomic mass is 19.4. The van der Waals surface area contributed by atoms with Crippen LogP contribution in [-0.4, -0.2) is 50.0 Å². The number of carbonyl (C=O) groups excluding carboxylic acids is 2. The number of rotatable bonds is 9. The Balaban J connectivity index is 1.86. The number of carbonyl (C=O) groups is 2. The number of hydrogen-bond donors (Lipinski definition) is 3. The molecule has 2 aromatic heterocycles. The van der Waals surface area contributed by atoms with Gasteiger partial charge in [0.05, 0.1) is 12.2 Å². The molecule has 2 amide bonds. The lowest BCUT2D eigenvalue weighted by Gasteiger charge is -2.29. The average Bonchev–Trinajstić information content (AvgIpc) is 2.88. The minimum absolute atomic E-state index is 0.0149. The molecule has 2 heterocycles. The fraction of sp³-hybridized carbons (Fsp3) is 0.320. The number of halogens is 3. The van der Waals surface area contributed by atoms with Crippen LogP contribution in [0.2, 0.25) is 0 Å². The van der Waals surface area contributed by atoms with Crippen LogP contribution in [0.5, 0.6) is 0 Å². The van der Waals surface area contributed by atoms with Crippen LogP contribution in [-0.2, 0) is 22.7 Å². The van der Waals surface area contributed by atoms with Crippen molar-refractivity contribution in [2.75, 3.05) is 5.32 Å². The third-order valence-corrected chi connectivity index (χ3v) is 5.44. The molecule has 0 saturated carbocycles. The van der Waals surface area contributed by atoms with Crippen molar-refractivity contribution in [2.45, 2.75) is 45.3 Å². The molecule has 13 heteroatoms. The molecule has 38 heavy (non-hydrogen) atoms. The molecule has 202 valence electrons. The van der Waals surface area contributed by atoms with Crippen LogP contribution < -0.4 is 16.2 Å². The highest BCUT2D eigenvalue weighted by Gasteiger charge is 2.45. The summed E-state index contributed by atoms with van der Waals surface area (Å²) >= 11 is 0. The van der Waals surface area contributed by atoms with E-state index < -0.39 is 48.3 Å². The van der Waals surface area contributed by atoms with Gasteiger partial charge in [0, 0.05) is 18.0 Å². The summed E-state index contributed by atoms with van der Waals surface area (Å²) in [6.45, 7) is 1.99. The summed E-state index contributed by atoms with van der Waals surface area (Å²) in [5.74, 6) is -1.78. The summed E-state index contributed by atoms with van der Waals surface area (Å²) in [4.78, 5) is 46.4. The Morgan fingerprint density at radius 1 is 1.11 bits per heavy atom. The minimum Gasteiger partial charge on any atom is -0.444 e. The van der Waals surface area contributed by atoms with E-state index in [4.69, 9.17) is 4.74 Å². The second-order valence-electron chi connectivity index (χ2n) is 8.64. The number of aliphatic hydroxyl groups is 1. The molecule has 0 bridgehead atoms. The van der Waals surface area contributed by atoms with E-state index in [0.717, 1.165) is 10.8 Å². The van der Waals surface area contributed by atoms with Crippen LogP contribution in [0.25, 0.3) is 11.4 Å². The van der Waals surface area contributed by atoms with Gasteiger partial charge >= 0.3 is 12.3 Å². The Labute approximate surface area is 215 Å². The van der Waals surface area contributed by atoms with Gasteiger partial charge in [0.2, 0.25) is 5.91 Å². The molecule has 10 nitrogen and oxygen atoms in total. The van der Waals surface area contributed by atoms with E-state index in [2.05, 4.69) is 20.6 Å². The third kappa shape index (κ3) is 7.38. The standard InChI is InChI=1S/C25H26F3N5O5/c1-15(2)20(21(35)25(26,27)28)32-19(34)13-33-22(17-9-6-10-29-11-17)30-12-18(23(33)36)31-24(37)38-14-16-7-4-3-5-8-16/h3-12,15,20-21,35H,13-14H2,1-2H3,(H,31,37)(H,32,34). The lowest BCUT2D eigenvalue weighted by atomic mass is 9.98. The highest BCUT2D eigenvalue weighted by molar-refractivity contribution is 5.84. The van der Waals surface area contributed by atoms with Gasteiger partial charge in [-0.25, -0.2) is 9.78 Å². The number of aliphatic hydroxyl groups excluding tert-OH is 1. The van der Waals surface area contributed by atoms with Gasteiger partial charge in [0.1, 0.15) is 24.7 Å². The number of benzene rings is 1. The lowest BCUT2D eigenvalue weighted by Crippen LogP contribution is -2.53. The van der Waals surface area contributed by atoms with E-state index in [-0.39, 0.29) is 18.1 Å². The van der Waals surface area contributed by atoms with Crippen molar-refractivity contribution in [1.82, 2.24) is 19.9 Å². The Kier molecular flexibility index (Phi) is 9.18. The number of nitrogens with one attached hydrogen (secondary N) is 2. The molecule has 3 N–H and O–H groups in total. The monoisotopic (exact) mass is 533 g/mol. The predicted molar refractivity (Wildman–Crippen MR) is 131 cm³/mol. The Hall–Kier alpha value is -4.26. The van der Waals surface area contributed by atoms with Gasteiger partial charge in [-0.05, 0) is 23.6 Å². The van der Waals surface area contributed by atoms with Crippen molar-refractivity contribution in [2.24, 2.45) is 5.92 Å². The van der Waals surface area contributed by atoms with Crippen molar-refractivity contribution >= 4 is 17.7 Å². The second-order valence-corrected chi connectivity index (χ2v) is 8.64. The first-order valence-corrected chi connectivity index (χ1v) is 11.5.